The van der Waals surface area contributed by atoms with Crippen LogP contribution in [0.25, 0.3) is 0 Å². The van der Waals surface area contributed by atoms with Crippen molar-refractivity contribution in [3.05, 3.63) is 0 Å². The first-order valence-electron chi connectivity index (χ1n) is 12.2. The molecule has 0 aromatic heterocycles. The van der Waals surface area contributed by atoms with Gasteiger partial charge in [0.25, 0.3) is 0 Å². The molecule has 0 rings (SSSR count). The van der Waals surface area contributed by atoms with Crippen molar-refractivity contribution in [1.82, 2.24) is 0 Å². The fourth-order valence-electron chi connectivity index (χ4n) is 4.05. The van der Waals surface area contributed by atoms with Gasteiger partial charge in [0.15, 0.2) is 0 Å². The van der Waals surface area contributed by atoms with E-state index in [-0.39, 0.29) is 4.87 Å². The quantitative estimate of drug-likeness (QED) is 0.0997. The molecular formula is C24H51ClO3Si. The molecule has 0 aliphatic heterocycles. The summed E-state index contributed by atoms with van der Waals surface area (Å²) < 4.78 is 16.5. The molecule has 3 nitrogen and oxygen atoms in total. The Hall–Kier alpha value is 0.387. The van der Waals surface area contributed by atoms with E-state index in [1.54, 1.807) is 21.3 Å². The molecule has 0 saturated heterocycles. The topological polar surface area (TPSA) is 27.7 Å². The van der Waals surface area contributed by atoms with Crippen molar-refractivity contribution < 1.29 is 13.3 Å². The molecule has 0 radical (unpaired) electrons. The average molecular weight is 451 g/mol. The van der Waals surface area contributed by atoms with E-state index in [1.165, 1.54) is 83.5 Å². The van der Waals surface area contributed by atoms with E-state index in [4.69, 9.17) is 24.9 Å². The third kappa shape index (κ3) is 14.1. The fraction of sp³-hybridized carbons (Fsp3) is 1.00. The van der Waals surface area contributed by atoms with Crippen LogP contribution in [0.3, 0.4) is 0 Å². The molecule has 0 aliphatic rings. The molecule has 5 heteroatoms. The molecule has 2 atom stereocenters. The summed E-state index contributed by atoms with van der Waals surface area (Å²) >= 11 is 6.88. The Balaban J connectivity index is 3.75. The molecule has 0 saturated carbocycles. The first kappa shape index (κ1) is 29.4. The van der Waals surface area contributed by atoms with E-state index >= 15 is 0 Å². The number of halogens is 1. The number of alkyl halides is 1. The summed E-state index contributed by atoms with van der Waals surface area (Å²) in [4.78, 5) is -0.160. The van der Waals surface area contributed by atoms with Gasteiger partial charge >= 0.3 is 8.80 Å². The van der Waals surface area contributed by atoms with Crippen LogP contribution in [-0.4, -0.2) is 35.0 Å². The molecule has 0 aliphatic carbocycles. The summed E-state index contributed by atoms with van der Waals surface area (Å²) in [5.74, 6) is 0.524. The normalized spacial score (nSPS) is 15.4. The first-order valence-corrected chi connectivity index (χ1v) is 14.5. The van der Waals surface area contributed by atoms with Crippen molar-refractivity contribution in [1.29, 1.82) is 0 Å². The Morgan fingerprint density at radius 1 is 0.724 bits per heavy atom. The van der Waals surface area contributed by atoms with Crippen LogP contribution in [0.4, 0.5) is 0 Å². The Bertz CT molecular complexity index is 354. The zero-order valence-electron chi connectivity index (χ0n) is 20.5. The molecule has 176 valence electrons. The average Bonchev–Trinajstić information content (AvgIpc) is 2.72. The van der Waals surface area contributed by atoms with Gasteiger partial charge in [0.2, 0.25) is 0 Å². The van der Waals surface area contributed by atoms with E-state index in [0.29, 0.717) is 5.92 Å². The minimum absolute atomic E-state index is 0.160. The summed E-state index contributed by atoms with van der Waals surface area (Å²) in [7, 11) is 2.56. The van der Waals surface area contributed by atoms with Crippen LogP contribution in [0.2, 0.25) is 6.04 Å². The van der Waals surface area contributed by atoms with Gasteiger partial charge in [-0.05, 0) is 32.1 Å². The van der Waals surface area contributed by atoms with Gasteiger partial charge in [-0.1, -0.05) is 90.9 Å². The Morgan fingerprint density at radius 3 is 1.55 bits per heavy atom. The smallest absolute Gasteiger partial charge is 0.377 e. The SMILES string of the molecule is CCCCCCCCCCCCCCC(C)C(C)(Cl)CCC[Si](OC)(OC)OC. The maximum absolute atomic E-state index is 6.88. The molecule has 29 heavy (non-hydrogen) atoms. The Morgan fingerprint density at radius 2 is 1.14 bits per heavy atom. The Labute approximate surface area is 189 Å². The molecule has 0 spiro atoms. The predicted molar refractivity (Wildman–Crippen MR) is 130 cm³/mol. The lowest BCUT2D eigenvalue weighted by molar-refractivity contribution is 0.122. The summed E-state index contributed by atoms with van der Waals surface area (Å²) in [6.45, 7) is 6.78. The summed E-state index contributed by atoms with van der Waals surface area (Å²) in [6.07, 6.45) is 19.9. The third-order valence-electron chi connectivity index (χ3n) is 6.60. The maximum Gasteiger partial charge on any atom is 0.500 e. The molecule has 0 heterocycles. The molecule has 0 aromatic rings. The summed E-state index contributed by atoms with van der Waals surface area (Å²) in [5.41, 5.74) is 0. The van der Waals surface area contributed by atoms with Crippen LogP contribution < -0.4 is 0 Å². The van der Waals surface area contributed by atoms with Crippen LogP contribution in [0.5, 0.6) is 0 Å². The van der Waals surface area contributed by atoms with Crippen LogP contribution in [0.15, 0.2) is 0 Å². The zero-order valence-corrected chi connectivity index (χ0v) is 22.2. The van der Waals surface area contributed by atoms with Crippen LogP contribution in [-0.2, 0) is 13.3 Å². The molecule has 2 unspecified atom stereocenters. The second-order valence-corrected chi connectivity index (χ2v) is 13.0. The van der Waals surface area contributed by atoms with Gasteiger partial charge in [-0.2, -0.15) is 0 Å². The van der Waals surface area contributed by atoms with Gasteiger partial charge < -0.3 is 13.3 Å². The number of rotatable bonds is 21. The lowest BCUT2D eigenvalue weighted by Crippen LogP contribution is -2.43. The predicted octanol–water partition coefficient (Wildman–Crippen LogP) is 8.37. The summed E-state index contributed by atoms with van der Waals surface area (Å²) in [6, 6.07) is 0.824. The van der Waals surface area contributed by atoms with Crippen molar-refractivity contribution in [2.24, 2.45) is 5.92 Å². The van der Waals surface area contributed by atoms with Gasteiger partial charge in [-0.25, -0.2) is 0 Å². The van der Waals surface area contributed by atoms with Gasteiger partial charge in [0.1, 0.15) is 0 Å². The Kier molecular flexibility index (Phi) is 18.2. The van der Waals surface area contributed by atoms with Crippen molar-refractivity contribution in [2.45, 2.75) is 128 Å². The lowest BCUT2D eigenvalue weighted by atomic mass is 9.86. The van der Waals surface area contributed by atoms with Crippen LogP contribution in [0, 0.1) is 5.92 Å². The van der Waals surface area contributed by atoms with E-state index in [0.717, 1.165) is 18.9 Å². The van der Waals surface area contributed by atoms with E-state index in [1.807, 2.05) is 0 Å². The second kappa shape index (κ2) is 18.0. The van der Waals surface area contributed by atoms with E-state index in [2.05, 4.69) is 20.8 Å². The zero-order chi connectivity index (χ0) is 22.0. The highest BCUT2D eigenvalue weighted by atomic mass is 35.5. The number of hydrogen-bond donors (Lipinski definition) is 0. The molecular weight excluding hydrogens is 400 g/mol. The molecule has 0 fully saturated rings. The highest BCUT2D eigenvalue weighted by Crippen LogP contribution is 2.35. The van der Waals surface area contributed by atoms with Crippen molar-refractivity contribution in [3.63, 3.8) is 0 Å². The van der Waals surface area contributed by atoms with Crippen molar-refractivity contribution in [3.8, 4) is 0 Å². The minimum Gasteiger partial charge on any atom is -0.377 e. The van der Waals surface area contributed by atoms with E-state index in [9.17, 15) is 0 Å². The molecule has 0 N–H and O–H groups in total. The second-order valence-electron chi connectivity index (χ2n) is 9.01. The van der Waals surface area contributed by atoms with Gasteiger partial charge in [0, 0.05) is 32.2 Å². The standard InChI is InChI=1S/C24H51ClO3Si/c1-7-8-9-10-11-12-13-14-15-16-17-18-20-23(2)24(3,25)21-19-22-29(26-4,27-5)28-6/h23H,7-22H2,1-6H3. The highest BCUT2D eigenvalue weighted by Gasteiger charge is 2.38. The molecule has 0 aromatic carbocycles. The van der Waals surface area contributed by atoms with E-state index < -0.39 is 8.80 Å². The molecule has 0 bridgehead atoms. The number of unbranched alkanes of at least 4 members (excludes halogenated alkanes) is 11. The monoisotopic (exact) mass is 450 g/mol. The first-order chi connectivity index (χ1) is 13.9. The lowest BCUT2D eigenvalue weighted by Gasteiger charge is -2.31. The van der Waals surface area contributed by atoms with Gasteiger partial charge in [-0.3, -0.25) is 0 Å². The highest BCUT2D eigenvalue weighted by molar-refractivity contribution is 6.60. The van der Waals surface area contributed by atoms with Crippen molar-refractivity contribution in [2.75, 3.05) is 21.3 Å². The van der Waals surface area contributed by atoms with Crippen molar-refractivity contribution >= 4 is 20.4 Å². The molecule has 0 amide bonds. The van der Waals surface area contributed by atoms with Gasteiger partial charge in [-0.15, -0.1) is 11.6 Å². The van der Waals surface area contributed by atoms with Crippen LogP contribution in [0.1, 0.15) is 117 Å². The minimum atomic E-state index is -2.47. The largest absolute Gasteiger partial charge is 0.500 e. The fourth-order valence-corrected chi connectivity index (χ4v) is 6.01. The summed E-state index contributed by atoms with van der Waals surface area (Å²) in [5, 5.41) is 0. The number of hydrogen-bond acceptors (Lipinski definition) is 3. The third-order valence-corrected chi connectivity index (χ3v) is 9.99. The maximum atomic E-state index is 6.88. The van der Waals surface area contributed by atoms with Gasteiger partial charge in [0.05, 0.1) is 0 Å². The van der Waals surface area contributed by atoms with Crippen LogP contribution >= 0.6 is 11.6 Å².